The fourth-order valence-electron chi connectivity index (χ4n) is 5.21. The number of hydrogen-bond donors (Lipinski definition) is 1. The Morgan fingerprint density at radius 3 is 2.72 bits per heavy atom. The molecule has 5 heterocycles. The second-order valence-electron chi connectivity index (χ2n) is 9.60. The number of anilines is 1. The zero-order chi connectivity index (χ0) is 25.0. The topological polar surface area (TPSA) is 76.2 Å². The Bertz CT molecular complexity index is 1410. The summed E-state index contributed by atoms with van der Waals surface area (Å²) in [6.45, 7) is 2.29. The molecule has 6 rings (SSSR count). The number of pyridine rings is 1. The predicted octanol–water partition coefficient (Wildman–Crippen LogP) is 4.23. The molecule has 4 aromatic rings. The van der Waals surface area contributed by atoms with Crippen molar-refractivity contribution in [3.05, 3.63) is 36.2 Å². The van der Waals surface area contributed by atoms with Crippen LogP contribution in [0.1, 0.15) is 31.5 Å². The highest BCUT2D eigenvalue weighted by Crippen LogP contribution is 2.31. The number of imidazole rings is 1. The zero-order valence-electron chi connectivity index (χ0n) is 19.7. The standard InChI is InChI=1S/C24H26F4N8/c1-13-30-19-6-5-18(31-23(19)35(13)12-21(27)28)22-16(26)11-36-20(22)9-29-24(33-36)32-17-7-8-34(10-15(17)25)14-3-2-4-14/h5-6,9,11,14-15,17,21H,2-4,7-8,10,12H2,1H3,(H,32,33). The number of fused-ring (bicyclic) bond motifs is 2. The van der Waals surface area contributed by atoms with Gasteiger partial charge >= 0.3 is 0 Å². The van der Waals surface area contributed by atoms with E-state index in [0.29, 0.717) is 35.9 Å². The molecule has 1 aliphatic heterocycles. The lowest BCUT2D eigenvalue weighted by Crippen LogP contribution is -2.53. The van der Waals surface area contributed by atoms with E-state index in [1.807, 2.05) is 0 Å². The van der Waals surface area contributed by atoms with E-state index in [1.165, 1.54) is 27.9 Å². The van der Waals surface area contributed by atoms with Gasteiger partial charge in [-0.15, -0.1) is 5.10 Å². The molecule has 4 aromatic heterocycles. The number of aromatic nitrogens is 6. The first-order chi connectivity index (χ1) is 17.4. The van der Waals surface area contributed by atoms with Gasteiger partial charge < -0.3 is 9.88 Å². The van der Waals surface area contributed by atoms with Crippen molar-refractivity contribution in [2.45, 2.75) is 63.8 Å². The van der Waals surface area contributed by atoms with Gasteiger partial charge in [0.05, 0.1) is 41.8 Å². The predicted molar refractivity (Wildman–Crippen MR) is 126 cm³/mol. The molecule has 1 aliphatic carbocycles. The minimum Gasteiger partial charge on any atom is -0.347 e. The molecule has 2 unspecified atom stereocenters. The normalized spacial score (nSPS) is 21.5. The van der Waals surface area contributed by atoms with Crippen molar-refractivity contribution in [2.24, 2.45) is 0 Å². The number of piperidine rings is 1. The van der Waals surface area contributed by atoms with E-state index in [0.717, 1.165) is 19.4 Å². The molecule has 12 heteroatoms. The molecule has 0 radical (unpaired) electrons. The molecule has 2 atom stereocenters. The lowest BCUT2D eigenvalue weighted by atomic mass is 9.89. The van der Waals surface area contributed by atoms with Crippen LogP contribution in [0, 0.1) is 12.7 Å². The molecular weight excluding hydrogens is 476 g/mol. The highest BCUT2D eigenvalue weighted by molar-refractivity contribution is 5.83. The second kappa shape index (κ2) is 8.99. The summed E-state index contributed by atoms with van der Waals surface area (Å²) >= 11 is 0. The van der Waals surface area contributed by atoms with Crippen LogP contribution in [0.4, 0.5) is 23.5 Å². The molecule has 2 fully saturated rings. The van der Waals surface area contributed by atoms with Crippen LogP contribution in [-0.4, -0.2) is 71.8 Å². The molecule has 1 saturated heterocycles. The summed E-state index contributed by atoms with van der Waals surface area (Å²) in [7, 11) is 0. The number of nitrogens with zero attached hydrogens (tertiary/aromatic N) is 7. The molecule has 8 nitrogen and oxygen atoms in total. The molecule has 1 N–H and O–H groups in total. The van der Waals surface area contributed by atoms with Crippen molar-refractivity contribution >= 4 is 22.6 Å². The molecule has 190 valence electrons. The van der Waals surface area contributed by atoms with Gasteiger partial charge in [0.1, 0.15) is 17.5 Å². The van der Waals surface area contributed by atoms with Crippen LogP contribution in [0.2, 0.25) is 0 Å². The van der Waals surface area contributed by atoms with Crippen molar-refractivity contribution in [1.82, 2.24) is 34.0 Å². The van der Waals surface area contributed by atoms with Crippen LogP contribution >= 0.6 is 0 Å². The van der Waals surface area contributed by atoms with Gasteiger partial charge in [-0.05, 0) is 38.3 Å². The van der Waals surface area contributed by atoms with Gasteiger partial charge in [-0.1, -0.05) is 6.42 Å². The monoisotopic (exact) mass is 502 g/mol. The van der Waals surface area contributed by atoms with E-state index in [9.17, 15) is 13.2 Å². The Morgan fingerprint density at radius 1 is 1.17 bits per heavy atom. The first-order valence-corrected chi connectivity index (χ1v) is 12.2. The maximum Gasteiger partial charge on any atom is 0.256 e. The Kier molecular flexibility index (Phi) is 5.78. The number of rotatable bonds is 6. The Morgan fingerprint density at radius 2 is 2.00 bits per heavy atom. The smallest absolute Gasteiger partial charge is 0.256 e. The Balaban J connectivity index is 1.27. The van der Waals surface area contributed by atoms with Crippen LogP contribution < -0.4 is 5.32 Å². The van der Waals surface area contributed by atoms with Crippen molar-refractivity contribution in [3.63, 3.8) is 0 Å². The van der Waals surface area contributed by atoms with E-state index in [1.54, 1.807) is 19.1 Å². The number of aryl methyl sites for hydroxylation is 1. The summed E-state index contributed by atoms with van der Waals surface area (Å²) in [5.41, 5.74) is 1.48. The van der Waals surface area contributed by atoms with Gasteiger partial charge in [0.2, 0.25) is 5.95 Å². The minimum absolute atomic E-state index is 0.156. The van der Waals surface area contributed by atoms with Crippen LogP contribution in [0.5, 0.6) is 0 Å². The molecular formula is C24H26F4N8. The molecule has 0 aromatic carbocycles. The summed E-state index contributed by atoms with van der Waals surface area (Å²) in [5, 5.41) is 7.42. The summed E-state index contributed by atoms with van der Waals surface area (Å²) in [6.07, 6.45) is 3.17. The largest absolute Gasteiger partial charge is 0.347 e. The first-order valence-electron chi connectivity index (χ1n) is 12.2. The lowest BCUT2D eigenvalue weighted by molar-refractivity contribution is 0.0552. The van der Waals surface area contributed by atoms with Gasteiger partial charge in [0.25, 0.3) is 6.43 Å². The van der Waals surface area contributed by atoms with Crippen molar-refractivity contribution in [3.8, 4) is 11.3 Å². The average molecular weight is 503 g/mol. The highest BCUT2D eigenvalue weighted by atomic mass is 19.3. The fraction of sp³-hybridized carbons (Fsp3) is 0.500. The van der Waals surface area contributed by atoms with E-state index in [2.05, 4.69) is 30.3 Å². The van der Waals surface area contributed by atoms with Gasteiger partial charge in [-0.25, -0.2) is 37.0 Å². The summed E-state index contributed by atoms with van der Waals surface area (Å²) in [4.78, 5) is 15.3. The Hall–Kier alpha value is -3.28. The Labute approximate surface area is 204 Å². The maximum atomic E-state index is 15.1. The molecule has 2 aliphatic rings. The number of alkyl halides is 3. The summed E-state index contributed by atoms with van der Waals surface area (Å²) in [6, 6.07) is 3.31. The quantitative estimate of drug-likeness (QED) is 0.398. The molecule has 36 heavy (non-hydrogen) atoms. The van der Waals surface area contributed by atoms with Gasteiger partial charge in [-0.2, -0.15) is 0 Å². The third-order valence-electron chi connectivity index (χ3n) is 7.33. The molecule has 0 bridgehead atoms. The number of hydrogen-bond acceptors (Lipinski definition) is 6. The highest BCUT2D eigenvalue weighted by Gasteiger charge is 2.35. The van der Waals surface area contributed by atoms with Crippen LogP contribution in [0.15, 0.2) is 24.5 Å². The third kappa shape index (κ3) is 4.06. The lowest BCUT2D eigenvalue weighted by Gasteiger charge is -2.43. The van der Waals surface area contributed by atoms with Crippen LogP contribution in [0.3, 0.4) is 0 Å². The fourth-order valence-corrected chi connectivity index (χ4v) is 5.21. The van der Waals surface area contributed by atoms with Crippen molar-refractivity contribution in [1.29, 1.82) is 0 Å². The van der Waals surface area contributed by atoms with E-state index in [-0.39, 0.29) is 22.9 Å². The average Bonchev–Trinajstić information content (AvgIpc) is 3.28. The van der Waals surface area contributed by atoms with E-state index < -0.39 is 31.0 Å². The van der Waals surface area contributed by atoms with Crippen molar-refractivity contribution in [2.75, 3.05) is 18.4 Å². The number of halogens is 4. The van der Waals surface area contributed by atoms with E-state index >= 15 is 4.39 Å². The van der Waals surface area contributed by atoms with Gasteiger partial charge in [-0.3, -0.25) is 4.90 Å². The van der Waals surface area contributed by atoms with Crippen LogP contribution in [-0.2, 0) is 6.54 Å². The first kappa shape index (κ1) is 23.1. The minimum atomic E-state index is -2.58. The maximum absolute atomic E-state index is 15.1. The second-order valence-corrected chi connectivity index (χ2v) is 9.60. The molecule has 0 amide bonds. The number of nitrogens with one attached hydrogen (secondary N) is 1. The third-order valence-corrected chi connectivity index (χ3v) is 7.33. The summed E-state index contributed by atoms with van der Waals surface area (Å²) < 4.78 is 58.7. The van der Waals surface area contributed by atoms with Crippen molar-refractivity contribution < 1.29 is 17.6 Å². The van der Waals surface area contributed by atoms with Gasteiger partial charge in [0, 0.05) is 19.1 Å². The van der Waals surface area contributed by atoms with Gasteiger partial charge in [0.15, 0.2) is 11.5 Å². The summed E-state index contributed by atoms with van der Waals surface area (Å²) in [5.74, 6) is 0.0332. The molecule has 1 saturated carbocycles. The number of likely N-dealkylation sites (tertiary alicyclic amines) is 1. The van der Waals surface area contributed by atoms with E-state index in [4.69, 9.17) is 0 Å². The SMILES string of the molecule is Cc1nc2ccc(-c3c(F)cn4nc(NC5CCN(C6CCC6)CC5F)ncc34)nc2n1CC(F)F. The zero-order valence-corrected chi connectivity index (χ0v) is 19.7. The van der Waals surface area contributed by atoms with Crippen LogP contribution in [0.25, 0.3) is 27.9 Å². The molecule has 0 spiro atoms.